The van der Waals surface area contributed by atoms with Gasteiger partial charge in [-0.05, 0) is 12.5 Å². The van der Waals surface area contributed by atoms with Crippen LogP contribution >= 0.6 is 11.6 Å². The highest BCUT2D eigenvalue weighted by Crippen LogP contribution is 2.16. The zero-order valence-corrected chi connectivity index (χ0v) is 9.44. The lowest BCUT2D eigenvalue weighted by molar-refractivity contribution is -0.155. The van der Waals surface area contributed by atoms with E-state index in [-0.39, 0.29) is 5.16 Å². The first-order valence-corrected chi connectivity index (χ1v) is 5.04. The molecular weight excluding hydrogens is 230 g/mol. The van der Waals surface area contributed by atoms with Crippen LogP contribution in [0.2, 0.25) is 0 Å². The molecule has 0 heterocycles. The largest absolute Gasteiger partial charge is 0.479 e. The van der Waals surface area contributed by atoms with Crippen molar-refractivity contribution in [3.05, 3.63) is 47.1 Å². The Labute approximate surface area is 98.4 Å². The summed E-state index contributed by atoms with van der Waals surface area (Å²) in [4.78, 5) is 16.0. The quantitative estimate of drug-likeness (QED) is 0.614. The lowest BCUT2D eigenvalue weighted by atomic mass is 10.1. The Kier molecular flexibility index (Phi) is 4.82. The fourth-order valence-electron chi connectivity index (χ4n) is 1.06. The van der Waals surface area contributed by atoms with Crippen molar-refractivity contribution in [1.82, 2.24) is 5.48 Å². The third kappa shape index (κ3) is 3.56. The first-order chi connectivity index (χ1) is 7.65. The number of carbonyl (C=O) groups is 1. The van der Waals surface area contributed by atoms with Gasteiger partial charge in [0.2, 0.25) is 6.10 Å². The van der Waals surface area contributed by atoms with Crippen LogP contribution in [0.3, 0.4) is 0 Å². The molecule has 0 saturated carbocycles. The van der Waals surface area contributed by atoms with Gasteiger partial charge >= 0.3 is 5.97 Å². The molecule has 0 spiro atoms. The van der Waals surface area contributed by atoms with Crippen LogP contribution in [-0.4, -0.2) is 11.1 Å². The second kappa shape index (κ2) is 6.15. The molecule has 0 aliphatic rings. The van der Waals surface area contributed by atoms with Crippen LogP contribution in [-0.2, 0) is 9.63 Å². The van der Waals surface area contributed by atoms with Crippen LogP contribution in [0, 0.1) is 0 Å². The van der Waals surface area contributed by atoms with Crippen LogP contribution in [0.15, 0.2) is 41.6 Å². The molecule has 0 aromatic heterocycles. The molecule has 0 amide bonds. The SMILES string of the molecule is CC=C(Cl)NOC(C(=O)O)c1ccccc1. The van der Waals surface area contributed by atoms with Crippen molar-refractivity contribution in [2.75, 3.05) is 0 Å². The van der Waals surface area contributed by atoms with Gasteiger partial charge in [-0.3, -0.25) is 10.3 Å². The lowest BCUT2D eigenvalue weighted by Crippen LogP contribution is -2.22. The van der Waals surface area contributed by atoms with Gasteiger partial charge < -0.3 is 5.11 Å². The standard InChI is InChI=1S/C11H12ClNO3/c1-2-9(12)13-16-10(11(14)15)8-6-4-3-5-7-8/h2-7,10,13H,1H3,(H,14,15). The topological polar surface area (TPSA) is 58.6 Å². The van der Waals surface area contributed by atoms with E-state index in [0.29, 0.717) is 5.56 Å². The maximum Gasteiger partial charge on any atom is 0.340 e. The molecule has 1 rings (SSSR count). The van der Waals surface area contributed by atoms with E-state index in [0.717, 1.165) is 0 Å². The Morgan fingerprint density at radius 1 is 1.50 bits per heavy atom. The van der Waals surface area contributed by atoms with E-state index < -0.39 is 12.1 Å². The van der Waals surface area contributed by atoms with Crippen molar-refractivity contribution < 1.29 is 14.7 Å². The fraction of sp³-hybridized carbons (Fsp3) is 0.182. The van der Waals surface area contributed by atoms with Gasteiger partial charge in [-0.15, -0.1) is 0 Å². The number of rotatable bonds is 5. The molecule has 0 fully saturated rings. The summed E-state index contributed by atoms with van der Waals surface area (Å²) in [6.45, 7) is 1.71. The van der Waals surface area contributed by atoms with Crippen LogP contribution in [0.25, 0.3) is 0 Å². The van der Waals surface area contributed by atoms with E-state index in [1.54, 1.807) is 43.3 Å². The summed E-state index contributed by atoms with van der Waals surface area (Å²) < 4.78 is 0. The Morgan fingerprint density at radius 2 is 2.12 bits per heavy atom. The third-order valence-electron chi connectivity index (χ3n) is 1.85. The predicted molar refractivity (Wildman–Crippen MR) is 60.6 cm³/mol. The Balaban J connectivity index is 2.73. The van der Waals surface area contributed by atoms with Gasteiger partial charge in [0.25, 0.3) is 0 Å². The van der Waals surface area contributed by atoms with E-state index in [1.807, 2.05) is 0 Å². The average molecular weight is 242 g/mol. The lowest BCUT2D eigenvalue weighted by Gasteiger charge is -2.14. The smallest absolute Gasteiger partial charge is 0.340 e. The van der Waals surface area contributed by atoms with E-state index in [1.165, 1.54) is 0 Å². The van der Waals surface area contributed by atoms with Crippen LogP contribution < -0.4 is 5.48 Å². The van der Waals surface area contributed by atoms with E-state index in [4.69, 9.17) is 21.5 Å². The summed E-state index contributed by atoms with van der Waals surface area (Å²) in [6.07, 6.45) is 0.473. The van der Waals surface area contributed by atoms with Gasteiger partial charge in [-0.1, -0.05) is 48.0 Å². The minimum Gasteiger partial charge on any atom is -0.479 e. The molecule has 1 unspecified atom stereocenters. The van der Waals surface area contributed by atoms with E-state index in [2.05, 4.69) is 5.48 Å². The molecule has 0 saturated heterocycles. The summed E-state index contributed by atoms with van der Waals surface area (Å²) in [5, 5.41) is 9.22. The number of allylic oxidation sites excluding steroid dienone is 1. The average Bonchev–Trinajstić information content (AvgIpc) is 2.30. The van der Waals surface area contributed by atoms with Crippen molar-refractivity contribution in [1.29, 1.82) is 0 Å². The first-order valence-electron chi connectivity index (χ1n) is 4.66. The molecule has 2 N–H and O–H groups in total. The Hall–Kier alpha value is -1.52. The second-order valence-electron chi connectivity index (χ2n) is 2.99. The molecule has 5 heteroatoms. The second-order valence-corrected chi connectivity index (χ2v) is 3.39. The number of benzene rings is 1. The normalized spacial score (nSPS) is 13.2. The number of hydrogen-bond acceptors (Lipinski definition) is 3. The van der Waals surface area contributed by atoms with Gasteiger partial charge in [0.1, 0.15) is 5.16 Å². The van der Waals surface area contributed by atoms with Crippen molar-refractivity contribution in [3.8, 4) is 0 Å². The molecule has 0 bridgehead atoms. The van der Waals surface area contributed by atoms with Crippen molar-refractivity contribution in [2.24, 2.45) is 0 Å². The van der Waals surface area contributed by atoms with Crippen LogP contribution in [0.4, 0.5) is 0 Å². The number of carboxylic acids is 1. The number of hydrogen-bond donors (Lipinski definition) is 2. The summed E-state index contributed by atoms with van der Waals surface area (Å²) >= 11 is 5.63. The molecule has 86 valence electrons. The highest BCUT2D eigenvalue weighted by molar-refractivity contribution is 6.29. The minimum atomic E-state index is -1.09. The third-order valence-corrected chi connectivity index (χ3v) is 2.15. The summed E-state index contributed by atoms with van der Waals surface area (Å²) in [6, 6.07) is 8.63. The molecule has 4 nitrogen and oxygen atoms in total. The number of aliphatic carboxylic acids is 1. The molecule has 1 atom stereocenters. The maximum absolute atomic E-state index is 11.0. The van der Waals surface area contributed by atoms with Crippen molar-refractivity contribution in [3.63, 3.8) is 0 Å². The molecule has 1 aromatic rings. The van der Waals surface area contributed by atoms with Crippen LogP contribution in [0.5, 0.6) is 0 Å². The van der Waals surface area contributed by atoms with Gasteiger partial charge in [-0.25, -0.2) is 4.79 Å². The Morgan fingerprint density at radius 3 is 2.62 bits per heavy atom. The monoisotopic (exact) mass is 241 g/mol. The summed E-state index contributed by atoms with van der Waals surface area (Å²) in [5.74, 6) is -1.08. The molecule has 0 aliphatic heterocycles. The maximum atomic E-state index is 11.0. The molecule has 16 heavy (non-hydrogen) atoms. The molecule has 0 radical (unpaired) electrons. The zero-order valence-electron chi connectivity index (χ0n) is 8.68. The Bertz CT molecular complexity index is 378. The highest BCUT2D eigenvalue weighted by Gasteiger charge is 2.20. The number of halogens is 1. The number of nitrogens with one attached hydrogen (secondary N) is 1. The van der Waals surface area contributed by atoms with Crippen molar-refractivity contribution in [2.45, 2.75) is 13.0 Å². The minimum absolute atomic E-state index is 0.238. The zero-order chi connectivity index (χ0) is 12.0. The van der Waals surface area contributed by atoms with Gasteiger partial charge in [-0.2, -0.15) is 0 Å². The predicted octanol–water partition coefficient (Wildman–Crippen LogP) is 2.43. The highest BCUT2D eigenvalue weighted by atomic mass is 35.5. The molecular formula is C11H12ClNO3. The van der Waals surface area contributed by atoms with Crippen molar-refractivity contribution >= 4 is 17.6 Å². The van der Waals surface area contributed by atoms with Gasteiger partial charge in [0, 0.05) is 0 Å². The fourth-order valence-corrected chi connectivity index (χ4v) is 1.11. The van der Waals surface area contributed by atoms with Crippen LogP contribution in [0.1, 0.15) is 18.6 Å². The van der Waals surface area contributed by atoms with Gasteiger partial charge in [0.15, 0.2) is 0 Å². The van der Waals surface area contributed by atoms with E-state index in [9.17, 15) is 4.79 Å². The molecule has 1 aromatic carbocycles. The number of hydroxylamine groups is 1. The molecule has 0 aliphatic carbocycles. The van der Waals surface area contributed by atoms with Gasteiger partial charge in [0.05, 0.1) is 0 Å². The number of carboxylic acid groups (broad SMARTS) is 1. The first kappa shape index (κ1) is 12.5. The van der Waals surface area contributed by atoms with E-state index >= 15 is 0 Å². The summed E-state index contributed by atoms with van der Waals surface area (Å²) in [7, 11) is 0. The summed E-state index contributed by atoms with van der Waals surface area (Å²) in [5.41, 5.74) is 2.90.